The number of carbonyl (C=O) groups excluding carboxylic acids is 1. The van der Waals surface area contributed by atoms with Crippen molar-refractivity contribution in [3.63, 3.8) is 0 Å². The monoisotopic (exact) mass is 327 g/mol. The third kappa shape index (κ3) is 3.27. The third-order valence-corrected chi connectivity index (χ3v) is 3.72. The Labute approximate surface area is 133 Å². The van der Waals surface area contributed by atoms with Gasteiger partial charge in [0.05, 0.1) is 6.54 Å². The van der Waals surface area contributed by atoms with Gasteiger partial charge in [0, 0.05) is 17.0 Å². The van der Waals surface area contributed by atoms with Crippen LogP contribution in [0.4, 0.5) is 4.79 Å². The molecule has 1 atom stereocenters. The highest BCUT2D eigenvalue weighted by Gasteiger charge is 2.38. The van der Waals surface area contributed by atoms with Crippen molar-refractivity contribution in [2.45, 2.75) is 45.4 Å². The summed E-state index contributed by atoms with van der Waals surface area (Å²) in [7, 11) is 0. The van der Waals surface area contributed by atoms with Crippen molar-refractivity contribution in [3.05, 3.63) is 28.3 Å². The maximum Gasteiger partial charge on any atom is 0.411 e. The number of fused-ring (bicyclic) bond motifs is 1. The number of halogens is 1. The van der Waals surface area contributed by atoms with Gasteiger partial charge in [-0.2, -0.15) is 0 Å². The van der Waals surface area contributed by atoms with Crippen molar-refractivity contribution >= 4 is 23.7 Å². The summed E-state index contributed by atoms with van der Waals surface area (Å²) in [4.78, 5) is 24.8. The van der Waals surface area contributed by atoms with Crippen LogP contribution in [0.2, 0.25) is 5.02 Å². The highest BCUT2D eigenvalue weighted by atomic mass is 35.5. The summed E-state index contributed by atoms with van der Waals surface area (Å²) in [5.74, 6) is -1.16. The Balaban J connectivity index is 2.39. The summed E-state index contributed by atoms with van der Waals surface area (Å²) in [5.41, 5.74) is 0.265. The second kappa shape index (κ2) is 5.68. The second-order valence-electron chi connectivity index (χ2n) is 6.19. The molecule has 2 rings (SSSR count). The number of carboxylic acid groups (broad SMARTS) is 1. The predicted molar refractivity (Wildman–Crippen MR) is 80.0 cm³/mol. The topological polar surface area (TPSA) is 87.1 Å². The molecule has 120 valence electrons. The van der Waals surface area contributed by atoms with E-state index in [9.17, 15) is 19.8 Å². The van der Waals surface area contributed by atoms with Crippen molar-refractivity contribution in [3.8, 4) is 5.75 Å². The van der Waals surface area contributed by atoms with Crippen LogP contribution in [0.5, 0.6) is 5.75 Å². The van der Waals surface area contributed by atoms with Gasteiger partial charge in [0.1, 0.15) is 17.4 Å². The summed E-state index contributed by atoms with van der Waals surface area (Å²) in [5, 5.41) is 19.7. The highest BCUT2D eigenvalue weighted by Crippen LogP contribution is 2.35. The summed E-state index contributed by atoms with van der Waals surface area (Å²) in [6, 6.07) is 1.86. The minimum absolute atomic E-state index is 0.0169. The lowest BCUT2D eigenvalue weighted by atomic mass is 9.93. The van der Waals surface area contributed by atoms with Crippen molar-refractivity contribution in [1.29, 1.82) is 0 Å². The molecule has 2 N–H and O–H groups in total. The van der Waals surface area contributed by atoms with Crippen LogP contribution in [0.15, 0.2) is 12.1 Å². The third-order valence-electron chi connectivity index (χ3n) is 3.36. The number of nitrogens with zero attached hydrogens (tertiary/aromatic N) is 1. The van der Waals surface area contributed by atoms with Gasteiger partial charge < -0.3 is 14.9 Å². The number of phenolic OH excluding ortho intramolecular Hbond substituents is 1. The number of rotatable bonds is 1. The molecule has 0 radical (unpaired) electrons. The average Bonchev–Trinajstić information content (AvgIpc) is 2.39. The molecule has 7 heteroatoms. The minimum atomic E-state index is -1.14. The molecule has 0 saturated heterocycles. The molecule has 6 nitrogen and oxygen atoms in total. The van der Waals surface area contributed by atoms with Gasteiger partial charge in [0.15, 0.2) is 0 Å². The fraction of sp³-hybridized carbons (Fsp3) is 0.467. The molecule has 0 spiro atoms. The highest BCUT2D eigenvalue weighted by molar-refractivity contribution is 6.31. The number of aromatic hydroxyl groups is 1. The number of aliphatic carboxylic acids is 1. The summed E-state index contributed by atoms with van der Waals surface area (Å²) >= 11 is 6.08. The van der Waals surface area contributed by atoms with Crippen LogP contribution in [0.25, 0.3) is 0 Å². The predicted octanol–water partition coefficient (Wildman–Crippen LogP) is 2.79. The zero-order valence-electron chi connectivity index (χ0n) is 12.6. The van der Waals surface area contributed by atoms with E-state index in [0.717, 1.165) is 4.90 Å². The van der Waals surface area contributed by atoms with Crippen LogP contribution in [0.1, 0.15) is 31.9 Å². The van der Waals surface area contributed by atoms with Crippen LogP contribution in [0.3, 0.4) is 0 Å². The molecule has 22 heavy (non-hydrogen) atoms. The van der Waals surface area contributed by atoms with E-state index in [1.54, 1.807) is 20.8 Å². The van der Waals surface area contributed by atoms with E-state index in [1.165, 1.54) is 12.1 Å². The van der Waals surface area contributed by atoms with E-state index in [1.807, 2.05) is 0 Å². The van der Waals surface area contributed by atoms with E-state index in [2.05, 4.69) is 0 Å². The quantitative estimate of drug-likeness (QED) is 0.828. The maximum absolute atomic E-state index is 12.3. The van der Waals surface area contributed by atoms with E-state index in [4.69, 9.17) is 16.3 Å². The van der Waals surface area contributed by atoms with Crippen molar-refractivity contribution in [2.75, 3.05) is 0 Å². The Morgan fingerprint density at radius 3 is 2.50 bits per heavy atom. The SMILES string of the molecule is CC(C)(C)OC(=O)N1Cc2c(O)ccc(Cl)c2CC1C(=O)O. The van der Waals surface area contributed by atoms with Gasteiger partial charge in [-0.15, -0.1) is 0 Å². The van der Waals surface area contributed by atoms with Crippen molar-refractivity contribution < 1.29 is 24.5 Å². The van der Waals surface area contributed by atoms with Gasteiger partial charge in [-0.25, -0.2) is 9.59 Å². The van der Waals surface area contributed by atoms with Crippen LogP contribution in [-0.2, 0) is 22.5 Å². The first kappa shape index (κ1) is 16.4. The number of benzene rings is 1. The molecule has 0 bridgehead atoms. The average molecular weight is 328 g/mol. The van der Waals surface area contributed by atoms with Gasteiger partial charge in [-0.3, -0.25) is 4.90 Å². The number of phenols is 1. The summed E-state index contributed by atoms with van der Waals surface area (Å²) < 4.78 is 5.25. The lowest BCUT2D eigenvalue weighted by molar-refractivity contribution is -0.143. The Morgan fingerprint density at radius 1 is 1.32 bits per heavy atom. The fourth-order valence-corrected chi connectivity index (χ4v) is 2.62. The number of ether oxygens (including phenoxy) is 1. The Bertz CT molecular complexity index is 623. The molecule has 1 heterocycles. The number of amides is 1. The largest absolute Gasteiger partial charge is 0.508 e. The zero-order valence-corrected chi connectivity index (χ0v) is 13.3. The number of hydrogen-bond donors (Lipinski definition) is 2. The Hall–Kier alpha value is -1.95. The smallest absolute Gasteiger partial charge is 0.411 e. The molecule has 0 aliphatic carbocycles. The van der Waals surface area contributed by atoms with E-state index < -0.39 is 23.7 Å². The molecule has 0 saturated carbocycles. The molecular weight excluding hydrogens is 310 g/mol. The Morgan fingerprint density at radius 2 is 1.95 bits per heavy atom. The van der Waals surface area contributed by atoms with Gasteiger partial charge >= 0.3 is 12.1 Å². The molecular formula is C15H18ClNO5. The van der Waals surface area contributed by atoms with Crippen LogP contribution in [-0.4, -0.2) is 38.8 Å². The maximum atomic E-state index is 12.3. The van der Waals surface area contributed by atoms with Gasteiger partial charge in [0.2, 0.25) is 0 Å². The first-order chi connectivity index (χ1) is 10.1. The zero-order chi connectivity index (χ0) is 16.7. The first-order valence-corrected chi connectivity index (χ1v) is 7.19. The summed E-state index contributed by atoms with van der Waals surface area (Å²) in [6.07, 6.45) is -0.707. The molecule has 1 aromatic rings. The van der Waals surface area contributed by atoms with Gasteiger partial charge in [-0.05, 0) is 38.5 Å². The van der Waals surface area contributed by atoms with Crippen LogP contribution in [0, 0.1) is 0 Å². The Kier molecular flexibility index (Phi) is 4.24. The number of hydrogen-bond acceptors (Lipinski definition) is 4. The lowest BCUT2D eigenvalue weighted by Gasteiger charge is -2.36. The molecule has 0 aromatic heterocycles. The van der Waals surface area contributed by atoms with Crippen LogP contribution < -0.4 is 0 Å². The normalized spacial score (nSPS) is 17.8. The minimum Gasteiger partial charge on any atom is -0.508 e. The first-order valence-electron chi connectivity index (χ1n) is 6.82. The molecule has 1 aliphatic rings. The molecule has 1 aromatic carbocycles. The standard InChI is InChI=1S/C15H18ClNO5/c1-15(2,3)22-14(21)17-7-9-8(6-11(17)13(19)20)10(16)4-5-12(9)18/h4-5,11,18H,6-7H2,1-3H3,(H,19,20). The summed E-state index contributed by atoms with van der Waals surface area (Å²) in [6.45, 7) is 5.04. The van der Waals surface area contributed by atoms with Crippen molar-refractivity contribution in [2.24, 2.45) is 0 Å². The molecule has 1 aliphatic heterocycles. The number of carboxylic acids is 1. The van der Waals surface area contributed by atoms with Gasteiger partial charge in [-0.1, -0.05) is 11.6 Å². The van der Waals surface area contributed by atoms with Crippen LogP contribution >= 0.6 is 11.6 Å². The molecule has 1 unspecified atom stereocenters. The fourth-order valence-electron chi connectivity index (χ4n) is 2.37. The van der Waals surface area contributed by atoms with E-state index in [-0.39, 0.29) is 18.7 Å². The van der Waals surface area contributed by atoms with Gasteiger partial charge in [0.25, 0.3) is 0 Å². The molecule has 1 amide bonds. The van der Waals surface area contributed by atoms with E-state index >= 15 is 0 Å². The molecule has 0 fully saturated rings. The van der Waals surface area contributed by atoms with Crippen molar-refractivity contribution in [1.82, 2.24) is 4.90 Å². The van der Waals surface area contributed by atoms with E-state index in [0.29, 0.717) is 16.1 Å². The second-order valence-corrected chi connectivity index (χ2v) is 6.60. The number of carbonyl (C=O) groups is 2. The lowest BCUT2D eigenvalue weighted by Crippen LogP contribution is -2.50.